The lowest BCUT2D eigenvalue weighted by atomic mass is 10.1. The molecule has 1 aromatic rings. The van der Waals surface area contributed by atoms with Gasteiger partial charge in [-0.2, -0.15) is 11.8 Å². The summed E-state index contributed by atoms with van der Waals surface area (Å²) in [6.45, 7) is 2.40. The Morgan fingerprint density at radius 3 is 2.62 bits per heavy atom. The van der Waals surface area contributed by atoms with E-state index in [9.17, 15) is 13.6 Å². The van der Waals surface area contributed by atoms with Crippen LogP contribution < -0.4 is 5.32 Å². The number of thioether (sulfide) groups is 1. The highest BCUT2D eigenvalue weighted by atomic mass is 32.2. The Morgan fingerprint density at radius 1 is 1.43 bits per heavy atom. The highest BCUT2D eigenvalue weighted by molar-refractivity contribution is 7.99. The minimum atomic E-state index is -0.721. The van der Waals surface area contributed by atoms with E-state index in [4.69, 9.17) is 0 Å². The maximum absolute atomic E-state index is 14.0. The van der Waals surface area contributed by atoms with E-state index in [1.807, 2.05) is 6.92 Å². The standard InChI is InChI=1S/C15H20F2N2OS/c1-3-5-18-14-12(16)7-10(8-13(14)17)15(20)19(2)11-4-6-21-9-11/h7-8,11,18H,3-6,9H2,1-2H3. The van der Waals surface area contributed by atoms with Crippen molar-refractivity contribution in [2.75, 3.05) is 30.4 Å². The molecule has 3 nitrogen and oxygen atoms in total. The van der Waals surface area contributed by atoms with Gasteiger partial charge in [-0.15, -0.1) is 0 Å². The second kappa shape index (κ2) is 7.11. The van der Waals surface area contributed by atoms with E-state index in [0.717, 1.165) is 36.5 Å². The Kier molecular flexibility index (Phi) is 5.45. The van der Waals surface area contributed by atoms with Gasteiger partial charge >= 0.3 is 0 Å². The number of hydrogen-bond acceptors (Lipinski definition) is 3. The van der Waals surface area contributed by atoms with E-state index < -0.39 is 11.6 Å². The van der Waals surface area contributed by atoms with Gasteiger partial charge in [0.25, 0.3) is 5.91 Å². The van der Waals surface area contributed by atoms with Crippen LogP contribution >= 0.6 is 11.8 Å². The van der Waals surface area contributed by atoms with Gasteiger partial charge < -0.3 is 10.2 Å². The van der Waals surface area contributed by atoms with E-state index >= 15 is 0 Å². The first-order valence-electron chi connectivity index (χ1n) is 7.12. The van der Waals surface area contributed by atoms with Crippen LogP contribution in [0.2, 0.25) is 0 Å². The lowest BCUT2D eigenvalue weighted by Gasteiger charge is -2.24. The van der Waals surface area contributed by atoms with Crippen molar-refractivity contribution in [3.63, 3.8) is 0 Å². The Labute approximate surface area is 128 Å². The number of nitrogens with zero attached hydrogens (tertiary/aromatic N) is 1. The third kappa shape index (κ3) is 3.67. The first-order valence-corrected chi connectivity index (χ1v) is 8.28. The number of benzene rings is 1. The largest absolute Gasteiger partial charge is 0.380 e. The smallest absolute Gasteiger partial charge is 0.254 e. The molecular weight excluding hydrogens is 294 g/mol. The molecule has 0 aromatic heterocycles. The van der Waals surface area contributed by atoms with Crippen LogP contribution in [-0.2, 0) is 0 Å². The molecule has 1 aromatic carbocycles. The second-order valence-electron chi connectivity index (χ2n) is 5.18. The van der Waals surface area contributed by atoms with Gasteiger partial charge in [-0.3, -0.25) is 4.79 Å². The van der Waals surface area contributed by atoms with Gasteiger partial charge in [0.1, 0.15) is 17.3 Å². The fourth-order valence-electron chi connectivity index (χ4n) is 2.31. The zero-order chi connectivity index (χ0) is 15.4. The third-order valence-corrected chi connectivity index (χ3v) is 4.76. The van der Waals surface area contributed by atoms with E-state index in [2.05, 4.69) is 5.32 Å². The van der Waals surface area contributed by atoms with Crippen LogP contribution in [0.15, 0.2) is 12.1 Å². The van der Waals surface area contributed by atoms with Gasteiger partial charge in [0, 0.05) is 31.0 Å². The quantitative estimate of drug-likeness (QED) is 0.904. The fourth-order valence-corrected chi connectivity index (χ4v) is 3.58. The van der Waals surface area contributed by atoms with Gasteiger partial charge in [0.05, 0.1) is 0 Å². The van der Waals surface area contributed by atoms with E-state index in [1.165, 1.54) is 0 Å². The molecule has 0 saturated carbocycles. The summed E-state index contributed by atoms with van der Waals surface area (Å²) in [5, 5.41) is 2.70. The molecule has 1 atom stereocenters. The first kappa shape index (κ1) is 16.1. The Morgan fingerprint density at radius 2 is 2.10 bits per heavy atom. The Balaban J connectivity index is 2.17. The monoisotopic (exact) mass is 314 g/mol. The number of hydrogen-bond donors (Lipinski definition) is 1. The summed E-state index contributed by atoms with van der Waals surface area (Å²) in [5.74, 6) is 0.123. The van der Waals surface area contributed by atoms with Crippen molar-refractivity contribution in [2.45, 2.75) is 25.8 Å². The first-order chi connectivity index (χ1) is 10.0. The lowest BCUT2D eigenvalue weighted by Crippen LogP contribution is -2.37. The van der Waals surface area contributed by atoms with Crippen LogP contribution in [0.5, 0.6) is 0 Å². The van der Waals surface area contributed by atoms with E-state index in [1.54, 1.807) is 23.7 Å². The molecule has 1 heterocycles. The predicted molar refractivity (Wildman–Crippen MR) is 83.0 cm³/mol. The topological polar surface area (TPSA) is 32.3 Å². The van der Waals surface area contributed by atoms with Crippen LogP contribution in [0.25, 0.3) is 0 Å². The molecule has 0 aliphatic carbocycles. The molecule has 1 aliphatic rings. The molecule has 2 rings (SSSR count). The second-order valence-corrected chi connectivity index (χ2v) is 6.32. The summed E-state index contributed by atoms with van der Waals surface area (Å²) in [6, 6.07) is 2.37. The third-order valence-electron chi connectivity index (χ3n) is 3.61. The van der Waals surface area contributed by atoms with Crippen LogP contribution in [0.4, 0.5) is 14.5 Å². The maximum Gasteiger partial charge on any atom is 0.254 e. The van der Waals surface area contributed by atoms with Gasteiger partial charge in [0.2, 0.25) is 0 Å². The lowest BCUT2D eigenvalue weighted by molar-refractivity contribution is 0.0747. The average molecular weight is 314 g/mol. The molecule has 1 unspecified atom stereocenters. The summed E-state index contributed by atoms with van der Waals surface area (Å²) in [7, 11) is 1.69. The number of anilines is 1. The van der Waals surface area contributed by atoms with Crippen molar-refractivity contribution in [3.05, 3.63) is 29.3 Å². The normalized spacial score (nSPS) is 17.8. The van der Waals surface area contributed by atoms with Crippen molar-refractivity contribution in [3.8, 4) is 0 Å². The van der Waals surface area contributed by atoms with Gasteiger partial charge in [-0.1, -0.05) is 6.92 Å². The number of carbonyl (C=O) groups excluding carboxylic acids is 1. The van der Waals surface area contributed by atoms with Crippen molar-refractivity contribution < 1.29 is 13.6 Å². The molecule has 0 bridgehead atoms. The minimum absolute atomic E-state index is 0.0615. The van der Waals surface area contributed by atoms with E-state index in [0.29, 0.717) is 6.54 Å². The summed E-state index contributed by atoms with van der Waals surface area (Å²) in [4.78, 5) is 13.9. The molecule has 1 aliphatic heterocycles. The summed E-state index contributed by atoms with van der Waals surface area (Å²) in [6.07, 6.45) is 1.69. The number of nitrogens with one attached hydrogen (secondary N) is 1. The summed E-state index contributed by atoms with van der Waals surface area (Å²) < 4.78 is 27.9. The fraction of sp³-hybridized carbons (Fsp3) is 0.533. The zero-order valence-electron chi connectivity index (χ0n) is 12.3. The van der Waals surface area contributed by atoms with Crippen LogP contribution in [0.3, 0.4) is 0 Å². The molecule has 0 radical (unpaired) electrons. The van der Waals surface area contributed by atoms with Crippen LogP contribution in [0, 0.1) is 11.6 Å². The molecule has 6 heteroatoms. The molecule has 116 valence electrons. The summed E-state index contributed by atoms with van der Waals surface area (Å²) >= 11 is 1.79. The zero-order valence-corrected chi connectivity index (χ0v) is 13.1. The maximum atomic E-state index is 14.0. The molecule has 0 spiro atoms. The van der Waals surface area contributed by atoms with Crippen molar-refractivity contribution >= 4 is 23.4 Å². The van der Waals surface area contributed by atoms with Crippen molar-refractivity contribution in [1.82, 2.24) is 4.90 Å². The number of rotatable bonds is 5. The Hall–Kier alpha value is -1.30. The van der Waals surface area contributed by atoms with Gasteiger partial charge in [-0.25, -0.2) is 8.78 Å². The SMILES string of the molecule is CCCNc1c(F)cc(C(=O)N(C)C2CCSC2)cc1F. The van der Waals surface area contributed by atoms with Crippen molar-refractivity contribution in [2.24, 2.45) is 0 Å². The summed E-state index contributed by atoms with van der Waals surface area (Å²) in [5.41, 5.74) is -0.0982. The molecular formula is C15H20F2N2OS. The predicted octanol–water partition coefficient (Wildman–Crippen LogP) is 3.36. The van der Waals surface area contributed by atoms with Crippen LogP contribution in [0.1, 0.15) is 30.1 Å². The number of carbonyl (C=O) groups is 1. The van der Waals surface area contributed by atoms with Gasteiger partial charge in [-0.05, 0) is 30.7 Å². The number of halogens is 2. The highest BCUT2D eigenvalue weighted by Gasteiger charge is 2.26. The molecule has 1 N–H and O–H groups in total. The van der Waals surface area contributed by atoms with Crippen molar-refractivity contribution in [1.29, 1.82) is 0 Å². The van der Waals surface area contributed by atoms with Crippen LogP contribution in [-0.4, -0.2) is 41.9 Å². The average Bonchev–Trinajstić information content (AvgIpc) is 2.99. The highest BCUT2D eigenvalue weighted by Crippen LogP contribution is 2.25. The Bertz CT molecular complexity index is 495. The molecule has 1 fully saturated rings. The minimum Gasteiger partial charge on any atom is -0.380 e. The molecule has 1 amide bonds. The van der Waals surface area contributed by atoms with Gasteiger partial charge in [0.15, 0.2) is 0 Å². The number of amides is 1. The molecule has 1 saturated heterocycles. The molecule has 21 heavy (non-hydrogen) atoms. The van der Waals surface area contributed by atoms with E-state index in [-0.39, 0.29) is 23.2 Å².